The standard InChI is InChI=1S/C36H38N2O3/c1-26-23-38(35(40)41-36(2,3)4)20-19-37(26)24-27-13-15-29(16-14-27)30-11-8-12-32(21-30)34-22-31(17-18-33(34)25-39)28-9-6-5-7-10-28/h5-18,21-22,25-26H,19-20,23-24H2,1-4H3. The maximum absolute atomic E-state index is 12.5. The lowest BCUT2D eigenvalue weighted by Crippen LogP contribution is -2.54. The number of ether oxygens (including phenoxy) is 1. The molecule has 41 heavy (non-hydrogen) atoms. The molecule has 0 bridgehead atoms. The molecule has 0 N–H and O–H groups in total. The Kier molecular flexibility index (Phi) is 8.36. The minimum Gasteiger partial charge on any atom is -0.444 e. The van der Waals surface area contributed by atoms with Gasteiger partial charge in [-0.15, -0.1) is 0 Å². The highest BCUT2D eigenvalue weighted by molar-refractivity contribution is 5.91. The number of benzene rings is 4. The summed E-state index contributed by atoms with van der Waals surface area (Å²) in [4.78, 5) is 28.6. The van der Waals surface area contributed by atoms with E-state index in [1.807, 2.05) is 62.1 Å². The van der Waals surface area contributed by atoms with Crippen LogP contribution in [0.3, 0.4) is 0 Å². The zero-order chi connectivity index (χ0) is 29.0. The number of hydrogen-bond acceptors (Lipinski definition) is 4. The van der Waals surface area contributed by atoms with E-state index < -0.39 is 5.60 Å². The zero-order valence-electron chi connectivity index (χ0n) is 24.3. The summed E-state index contributed by atoms with van der Waals surface area (Å²) in [5, 5.41) is 0. The summed E-state index contributed by atoms with van der Waals surface area (Å²) >= 11 is 0. The van der Waals surface area contributed by atoms with Gasteiger partial charge >= 0.3 is 6.09 Å². The molecular weight excluding hydrogens is 508 g/mol. The number of amides is 1. The second-order valence-electron chi connectivity index (χ2n) is 11.8. The quantitative estimate of drug-likeness (QED) is 0.230. The molecule has 0 radical (unpaired) electrons. The van der Waals surface area contributed by atoms with Crippen molar-refractivity contribution >= 4 is 12.4 Å². The van der Waals surface area contributed by atoms with Crippen molar-refractivity contribution < 1.29 is 14.3 Å². The number of rotatable bonds is 6. The molecule has 0 aliphatic carbocycles. The van der Waals surface area contributed by atoms with Gasteiger partial charge in [-0.25, -0.2) is 4.79 Å². The van der Waals surface area contributed by atoms with Gasteiger partial charge in [-0.3, -0.25) is 9.69 Å². The van der Waals surface area contributed by atoms with E-state index in [2.05, 4.69) is 72.5 Å². The molecule has 1 heterocycles. The lowest BCUT2D eigenvalue weighted by atomic mass is 9.93. The topological polar surface area (TPSA) is 49.9 Å². The average Bonchev–Trinajstić information content (AvgIpc) is 2.98. The number of carbonyl (C=O) groups excluding carboxylic acids is 2. The van der Waals surface area contributed by atoms with E-state index in [1.54, 1.807) is 0 Å². The second-order valence-corrected chi connectivity index (χ2v) is 11.8. The summed E-state index contributed by atoms with van der Waals surface area (Å²) in [5.41, 5.74) is 7.82. The Hall–Kier alpha value is -4.22. The van der Waals surface area contributed by atoms with Crippen LogP contribution in [0.15, 0.2) is 97.1 Å². The fraction of sp³-hybridized carbons (Fsp3) is 0.278. The molecule has 210 valence electrons. The number of aldehydes is 1. The van der Waals surface area contributed by atoms with Crippen LogP contribution in [-0.2, 0) is 11.3 Å². The number of nitrogens with zero attached hydrogens (tertiary/aromatic N) is 2. The smallest absolute Gasteiger partial charge is 0.410 e. The van der Waals surface area contributed by atoms with Crippen molar-refractivity contribution in [1.29, 1.82) is 0 Å². The second kappa shape index (κ2) is 12.1. The lowest BCUT2D eigenvalue weighted by Gasteiger charge is -2.40. The maximum Gasteiger partial charge on any atom is 0.410 e. The Morgan fingerprint density at radius 2 is 1.44 bits per heavy atom. The summed E-state index contributed by atoms with van der Waals surface area (Å²) in [6, 6.07) is 33.5. The molecule has 0 saturated carbocycles. The SMILES string of the molecule is CC1CN(C(=O)OC(C)(C)C)CCN1Cc1ccc(-c2cccc(-c3cc(-c4ccccc4)ccc3C=O)c2)cc1. The molecule has 4 aromatic rings. The van der Waals surface area contributed by atoms with E-state index in [1.165, 1.54) is 5.56 Å². The fourth-order valence-electron chi connectivity index (χ4n) is 5.35. The van der Waals surface area contributed by atoms with Crippen LogP contribution in [0.1, 0.15) is 43.6 Å². The third-order valence-electron chi connectivity index (χ3n) is 7.55. The molecule has 5 rings (SSSR count). The van der Waals surface area contributed by atoms with Crippen LogP contribution in [0.2, 0.25) is 0 Å². The maximum atomic E-state index is 12.5. The number of carbonyl (C=O) groups is 2. The Balaban J connectivity index is 1.29. The first-order chi connectivity index (χ1) is 19.7. The summed E-state index contributed by atoms with van der Waals surface area (Å²) in [5.74, 6) is 0. The molecule has 1 amide bonds. The molecule has 0 aromatic heterocycles. The molecule has 1 fully saturated rings. The molecule has 5 heteroatoms. The highest BCUT2D eigenvalue weighted by Crippen LogP contribution is 2.32. The molecule has 1 atom stereocenters. The van der Waals surface area contributed by atoms with Crippen molar-refractivity contribution in [1.82, 2.24) is 9.80 Å². The van der Waals surface area contributed by atoms with Crippen LogP contribution in [0.5, 0.6) is 0 Å². The Labute approximate surface area is 243 Å². The Morgan fingerprint density at radius 3 is 2.12 bits per heavy atom. The van der Waals surface area contributed by atoms with Crippen molar-refractivity contribution in [3.8, 4) is 33.4 Å². The molecule has 1 saturated heterocycles. The first-order valence-corrected chi connectivity index (χ1v) is 14.3. The minimum atomic E-state index is -0.484. The van der Waals surface area contributed by atoms with Crippen molar-refractivity contribution in [2.75, 3.05) is 19.6 Å². The van der Waals surface area contributed by atoms with Gasteiger partial charge in [0.1, 0.15) is 5.60 Å². The first kappa shape index (κ1) is 28.3. The highest BCUT2D eigenvalue weighted by atomic mass is 16.6. The molecule has 1 aliphatic heterocycles. The van der Waals surface area contributed by atoms with E-state index in [0.29, 0.717) is 18.7 Å². The van der Waals surface area contributed by atoms with Crippen molar-refractivity contribution in [2.24, 2.45) is 0 Å². The van der Waals surface area contributed by atoms with Crippen LogP contribution >= 0.6 is 0 Å². The van der Waals surface area contributed by atoms with Crippen LogP contribution in [0, 0.1) is 0 Å². The van der Waals surface area contributed by atoms with Crippen LogP contribution < -0.4 is 0 Å². The Morgan fingerprint density at radius 1 is 0.805 bits per heavy atom. The van der Waals surface area contributed by atoms with Gasteiger partial charge in [0, 0.05) is 37.8 Å². The predicted octanol–water partition coefficient (Wildman–Crippen LogP) is 7.94. The molecule has 0 spiro atoms. The number of hydrogen-bond donors (Lipinski definition) is 0. The molecular formula is C36H38N2O3. The third kappa shape index (κ3) is 6.93. The van der Waals surface area contributed by atoms with Gasteiger partial charge in [0.25, 0.3) is 0 Å². The van der Waals surface area contributed by atoms with Gasteiger partial charge < -0.3 is 9.64 Å². The van der Waals surface area contributed by atoms with Crippen LogP contribution in [0.25, 0.3) is 33.4 Å². The van der Waals surface area contributed by atoms with Gasteiger partial charge in [-0.2, -0.15) is 0 Å². The van der Waals surface area contributed by atoms with Gasteiger partial charge in [0.2, 0.25) is 0 Å². The van der Waals surface area contributed by atoms with E-state index in [-0.39, 0.29) is 12.1 Å². The molecule has 1 aliphatic rings. The summed E-state index contributed by atoms with van der Waals surface area (Å²) in [6.07, 6.45) is 0.697. The molecule has 4 aromatic carbocycles. The molecule has 5 nitrogen and oxygen atoms in total. The van der Waals surface area contributed by atoms with Crippen molar-refractivity contribution in [3.63, 3.8) is 0 Å². The van der Waals surface area contributed by atoms with Crippen molar-refractivity contribution in [2.45, 2.75) is 45.9 Å². The van der Waals surface area contributed by atoms with E-state index >= 15 is 0 Å². The summed E-state index contributed by atoms with van der Waals surface area (Å²) < 4.78 is 5.56. The van der Waals surface area contributed by atoms with Gasteiger partial charge in [-0.05, 0) is 78.8 Å². The fourth-order valence-corrected chi connectivity index (χ4v) is 5.35. The van der Waals surface area contributed by atoms with Crippen LogP contribution in [-0.4, -0.2) is 53.5 Å². The van der Waals surface area contributed by atoms with E-state index in [4.69, 9.17) is 4.74 Å². The van der Waals surface area contributed by atoms with Crippen LogP contribution in [0.4, 0.5) is 4.79 Å². The summed E-state index contributed by atoms with van der Waals surface area (Å²) in [6.45, 7) is 10.8. The largest absolute Gasteiger partial charge is 0.444 e. The zero-order valence-corrected chi connectivity index (χ0v) is 24.3. The van der Waals surface area contributed by atoms with Gasteiger partial charge in [0.05, 0.1) is 0 Å². The third-order valence-corrected chi connectivity index (χ3v) is 7.55. The predicted molar refractivity (Wildman–Crippen MR) is 166 cm³/mol. The molecule has 1 unspecified atom stereocenters. The first-order valence-electron chi connectivity index (χ1n) is 14.3. The van der Waals surface area contributed by atoms with E-state index in [9.17, 15) is 9.59 Å². The normalized spacial score (nSPS) is 15.9. The monoisotopic (exact) mass is 546 g/mol. The van der Waals surface area contributed by atoms with Crippen molar-refractivity contribution in [3.05, 3.63) is 108 Å². The number of piperazine rings is 1. The highest BCUT2D eigenvalue weighted by Gasteiger charge is 2.29. The summed E-state index contributed by atoms with van der Waals surface area (Å²) in [7, 11) is 0. The minimum absolute atomic E-state index is 0.234. The van der Waals surface area contributed by atoms with Gasteiger partial charge in [-0.1, -0.05) is 84.9 Å². The lowest BCUT2D eigenvalue weighted by molar-refractivity contribution is 0.00460. The average molecular weight is 547 g/mol. The van der Waals surface area contributed by atoms with Gasteiger partial charge in [0.15, 0.2) is 6.29 Å². The van der Waals surface area contributed by atoms with E-state index in [0.717, 1.165) is 52.8 Å². The Bertz CT molecular complexity index is 1510.